The number of rotatable bonds is 4. The van der Waals surface area contributed by atoms with E-state index < -0.39 is 24.1 Å². The van der Waals surface area contributed by atoms with E-state index in [1.165, 1.54) is 6.20 Å². The highest BCUT2D eigenvalue weighted by Gasteiger charge is 2.56. The highest BCUT2D eigenvalue weighted by atomic mass is 35.5. The van der Waals surface area contributed by atoms with E-state index in [9.17, 15) is 4.39 Å². The van der Waals surface area contributed by atoms with E-state index in [2.05, 4.69) is 15.0 Å². The van der Waals surface area contributed by atoms with E-state index in [0.29, 0.717) is 43.7 Å². The average molecular weight is 488 g/mol. The first-order valence-electron chi connectivity index (χ1n) is 11.8. The van der Waals surface area contributed by atoms with Gasteiger partial charge in [0.05, 0.1) is 31.2 Å². The summed E-state index contributed by atoms with van der Waals surface area (Å²) >= 11 is 12.4. The summed E-state index contributed by atoms with van der Waals surface area (Å²) in [6, 6.07) is -0.512. The number of alkyl halides is 2. The Kier molecular flexibility index (Phi) is 4.56. The van der Waals surface area contributed by atoms with Crippen LogP contribution in [-0.2, 0) is 4.74 Å². The molecule has 3 saturated heterocycles. The number of nitrogens with zero attached hydrogens (tertiary/aromatic N) is 5. The minimum Gasteiger partial charge on any atom is -0.461 e. The molecule has 0 spiro atoms. The Hall–Kier alpha value is -1.55. The van der Waals surface area contributed by atoms with Gasteiger partial charge in [-0.05, 0) is 25.8 Å². The fourth-order valence-corrected chi connectivity index (χ4v) is 5.84. The lowest BCUT2D eigenvalue weighted by molar-refractivity contribution is 0.107. The summed E-state index contributed by atoms with van der Waals surface area (Å²) in [5.41, 5.74) is -1.25. The molecule has 2 aromatic rings. The summed E-state index contributed by atoms with van der Waals surface area (Å²) in [4.78, 5) is 16.3. The first-order valence-corrected chi connectivity index (χ1v) is 11.7. The lowest BCUT2D eigenvalue weighted by Crippen LogP contribution is -2.43. The van der Waals surface area contributed by atoms with E-state index >= 15 is 4.39 Å². The van der Waals surface area contributed by atoms with Gasteiger partial charge >= 0.3 is 6.01 Å². The maximum atomic E-state index is 15.0. The van der Waals surface area contributed by atoms with Gasteiger partial charge in [-0.1, -0.05) is 11.6 Å². The second-order valence-electron chi connectivity index (χ2n) is 8.86. The maximum Gasteiger partial charge on any atom is 0.319 e. The smallest absolute Gasteiger partial charge is 0.319 e. The summed E-state index contributed by atoms with van der Waals surface area (Å²) in [5, 5.41) is -0.296. The predicted molar refractivity (Wildman–Crippen MR) is 116 cm³/mol. The van der Waals surface area contributed by atoms with Crippen molar-refractivity contribution < 1.29 is 21.0 Å². The van der Waals surface area contributed by atoms with E-state index in [-0.39, 0.29) is 47.2 Å². The maximum absolute atomic E-state index is 15.0. The second kappa shape index (κ2) is 7.75. The Balaban J connectivity index is 1.44. The number of ether oxygens (including phenoxy) is 2. The third-order valence-electron chi connectivity index (χ3n) is 6.86. The van der Waals surface area contributed by atoms with Crippen molar-refractivity contribution in [2.24, 2.45) is 0 Å². The molecule has 0 N–H and O–H groups in total. The number of pyridine rings is 1. The number of fused-ring (bicyclic) bond motifs is 3. The molecule has 0 aromatic carbocycles. The van der Waals surface area contributed by atoms with Crippen molar-refractivity contribution in [2.75, 3.05) is 37.7 Å². The van der Waals surface area contributed by atoms with Gasteiger partial charge in [0.2, 0.25) is 0 Å². The van der Waals surface area contributed by atoms with Gasteiger partial charge in [-0.15, -0.1) is 11.6 Å². The zero-order valence-corrected chi connectivity index (χ0v) is 18.6. The minimum atomic E-state index is -2.30. The highest BCUT2D eigenvalue weighted by molar-refractivity contribution is 6.30. The standard InChI is InChI=1S/C21H23Cl2F2N5O2/c22-13-16-17(13)31-6-2-5-30(16)19-12-8-26-18(23)14(25)15(12)27-20(28-19)32-10-21-3-1-4-29(21)9-11(24)7-21/h8,11,13,16-17H,1-7,9-10H2/t11-,13-,16-,17+,21+/m1/s1/i10D2. The third-order valence-corrected chi connectivity index (χ3v) is 7.63. The fourth-order valence-electron chi connectivity index (χ4n) is 5.29. The first kappa shape index (κ1) is 18.8. The second-order valence-corrected chi connectivity index (χ2v) is 9.72. The summed E-state index contributed by atoms with van der Waals surface area (Å²) < 4.78 is 58.4. The van der Waals surface area contributed by atoms with Crippen molar-refractivity contribution in [1.29, 1.82) is 0 Å². The molecule has 5 atom stereocenters. The molecule has 0 amide bonds. The molecule has 7 nitrogen and oxygen atoms in total. The van der Waals surface area contributed by atoms with Gasteiger partial charge < -0.3 is 14.4 Å². The molecular formula is C21H23Cl2F2N5O2. The summed E-state index contributed by atoms with van der Waals surface area (Å²) in [6.45, 7) is -0.458. The highest BCUT2D eigenvalue weighted by Crippen LogP contribution is 2.44. The molecule has 2 aromatic heterocycles. The molecule has 3 aliphatic heterocycles. The lowest BCUT2D eigenvalue weighted by atomic mass is 9.95. The van der Waals surface area contributed by atoms with Crippen LogP contribution in [0.3, 0.4) is 0 Å². The van der Waals surface area contributed by atoms with Crippen LogP contribution < -0.4 is 9.64 Å². The average Bonchev–Trinajstić information content (AvgIpc) is 3.14. The van der Waals surface area contributed by atoms with Crippen molar-refractivity contribution in [3.63, 3.8) is 0 Å². The quantitative estimate of drug-likeness (QED) is 0.483. The minimum absolute atomic E-state index is 0.0195. The summed E-state index contributed by atoms with van der Waals surface area (Å²) in [6.07, 6.45) is 1.99. The van der Waals surface area contributed by atoms with Crippen LogP contribution in [0.15, 0.2) is 6.20 Å². The zero-order chi connectivity index (χ0) is 23.8. The molecule has 1 saturated carbocycles. The molecule has 0 unspecified atom stereocenters. The molecule has 1 aliphatic carbocycles. The number of halogens is 4. The Labute approximate surface area is 196 Å². The monoisotopic (exact) mass is 487 g/mol. The number of hydrogen-bond acceptors (Lipinski definition) is 7. The SMILES string of the molecule is [2H]C([2H])(Oc1nc(N2CCCO[C@H]3[C@H](Cl)[C@H]32)c2cnc(Cl)c(F)c2n1)[C@@]12CCCN1C[C@H](F)C2. The van der Waals surface area contributed by atoms with Gasteiger partial charge in [-0.25, -0.2) is 13.8 Å². The van der Waals surface area contributed by atoms with Crippen LogP contribution in [0.5, 0.6) is 6.01 Å². The van der Waals surface area contributed by atoms with Crippen LogP contribution in [0.2, 0.25) is 5.15 Å². The Morgan fingerprint density at radius 3 is 3.09 bits per heavy atom. The molecule has 5 heterocycles. The largest absolute Gasteiger partial charge is 0.461 e. The number of aromatic nitrogens is 3. The van der Waals surface area contributed by atoms with Gasteiger partial charge in [0.25, 0.3) is 0 Å². The molecule has 32 heavy (non-hydrogen) atoms. The van der Waals surface area contributed by atoms with Gasteiger partial charge in [-0.2, -0.15) is 9.97 Å². The van der Waals surface area contributed by atoms with Crippen LogP contribution >= 0.6 is 23.2 Å². The molecule has 0 bridgehead atoms. The normalized spacial score (nSPS) is 35.8. The van der Waals surface area contributed by atoms with Crippen LogP contribution in [0.1, 0.15) is 28.4 Å². The van der Waals surface area contributed by atoms with E-state index in [0.717, 1.165) is 6.42 Å². The molecule has 11 heteroatoms. The van der Waals surface area contributed by atoms with Gasteiger partial charge in [0, 0.05) is 32.3 Å². The molecule has 172 valence electrons. The van der Waals surface area contributed by atoms with Crippen LogP contribution in [-0.4, -0.2) is 81.9 Å². The third kappa shape index (κ3) is 3.31. The number of hydrogen-bond donors (Lipinski definition) is 0. The molecule has 4 fully saturated rings. The van der Waals surface area contributed by atoms with Crippen molar-refractivity contribution in [3.05, 3.63) is 17.2 Å². The molecular weight excluding hydrogens is 463 g/mol. The van der Waals surface area contributed by atoms with Crippen LogP contribution in [0, 0.1) is 5.82 Å². The first-order chi connectivity index (χ1) is 16.2. The molecule has 6 rings (SSSR count). The Morgan fingerprint density at radius 2 is 2.22 bits per heavy atom. The van der Waals surface area contributed by atoms with Gasteiger partial charge in [0.1, 0.15) is 24.1 Å². The Morgan fingerprint density at radius 1 is 1.34 bits per heavy atom. The van der Waals surface area contributed by atoms with Crippen LogP contribution in [0.25, 0.3) is 10.9 Å². The summed E-state index contributed by atoms with van der Waals surface area (Å²) in [5.74, 6) is -0.516. The van der Waals surface area contributed by atoms with Gasteiger partial charge in [0.15, 0.2) is 11.0 Å². The topological polar surface area (TPSA) is 63.6 Å². The predicted octanol–water partition coefficient (Wildman–Crippen LogP) is 3.36. The van der Waals surface area contributed by atoms with E-state index in [4.69, 9.17) is 35.4 Å². The van der Waals surface area contributed by atoms with Crippen LogP contribution in [0.4, 0.5) is 14.6 Å². The lowest BCUT2D eigenvalue weighted by Gasteiger charge is -2.31. The van der Waals surface area contributed by atoms with Crippen molar-refractivity contribution in [1.82, 2.24) is 19.9 Å². The fraction of sp³-hybridized carbons (Fsp3) is 0.667. The summed E-state index contributed by atoms with van der Waals surface area (Å²) in [7, 11) is 0. The van der Waals surface area contributed by atoms with E-state index in [1.54, 1.807) is 4.90 Å². The van der Waals surface area contributed by atoms with E-state index in [1.807, 2.05) is 4.90 Å². The van der Waals surface area contributed by atoms with Crippen molar-refractivity contribution in [3.8, 4) is 6.01 Å². The van der Waals surface area contributed by atoms with Crippen molar-refractivity contribution in [2.45, 2.75) is 54.9 Å². The zero-order valence-electron chi connectivity index (χ0n) is 19.1. The van der Waals surface area contributed by atoms with Crippen molar-refractivity contribution >= 4 is 39.9 Å². The molecule has 0 radical (unpaired) electrons. The Bertz CT molecular complexity index is 1150. The van der Waals surface area contributed by atoms with Gasteiger partial charge in [-0.3, -0.25) is 4.90 Å². The number of anilines is 1. The molecule has 4 aliphatic rings.